The van der Waals surface area contributed by atoms with Crippen LogP contribution in [0.3, 0.4) is 0 Å². The minimum atomic E-state index is -0.376. The zero-order valence-corrected chi connectivity index (χ0v) is 7.09. The van der Waals surface area contributed by atoms with Gasteiger partial charge in [0.15, 0.2) is 0 Å². The molecule has 3 nitrogen and oxygen atoms in total. The lowest BCUT2D eigenvalue weighted by atomic mass is 10.7. The fourth-order valence-electron chi connectivity index (χ4n) is 0.315. The highest BCUT2D eigenvalue weighted by molar-refractivity contribution is 9.09. The van der Waals surface area contributed by atoms with E-state index < -0.39 is 0 Å². The molecule has 0 aromatic carbocycles. The molecule has 0 amide bonds. The van der Waals surface area contributed by atoms with Gasteiger partial charge in [-0.1, -0.05) is 28.6 Å². The van der Waals surface area contributed by atoms with Gasteiger partial charge in [0.1, 0.15) is 18.7 Å². The summed E-state index contributed by atoms with van der Waals surface area (Å²) in [5, 5.41) is 0. The molecule has 0 radical (unpaired) electrons. The topological polar surface area (TPSA) is 35.5 Å². The summed E-state index contributed by atoms with van der Waals surface area (Å²) < 4.78 is 9.29. The van der Waals surface area contributed by atoms with E-state index in [9.17, 15) is 4.79 Å². The van der Waals surface area contributed by atoms with Crippen molar-refractivity contribution < 1.29 is 14.3 Å². The molecular weight excluding hydrogens is 200 g/mol. The number of carbonyl (C=O) groups is 1. The summed E-state index contributed by atoms with van der Waals surface area (Å²) in [4.78, 5) is 10.5. The molecule has 0 aliphatic heterocycles. The van der Waals surface area contributed by atoms with Crippen molar-refractivity contribution in [2.24, 2.45) is 0 Å². The number of hydrogen-bond donors (Lipinski definition) is 0. The maximum atomic E-state index is 10.5. The van der Waals surface area contributed by atoms with Crippen molar-refractivity contribution in [3.05, 3.63) is 12.7 Å². The minimum Gasteiger partial charge on any atom is -0.460 e. The predicted octanol–water partition coefficient (Wildman–Crippen LogP) is 1.08. The van der Waals surface area contributed by atoms with E-state index in [-0.39, 0.29) is 19.2 Å². The smallest absolute Gasteiger partial charge is 0.332 e. The Morgan fingerprint density at radius 1 is 1.70 bits per heavy atom. The van der Waals surface area contributed by atoms with E-state index in [0.717, 1.165) is 0 Å². The zero-order chi connectivity index (χ0) is 7.82. The van der Waals surface area contributed by atoms with E-state index in [1.165, 1.54) is 6.08 Å². The molecule has 0 fully saturated rings. The van der Waals surface area contributed by atoms with Gasteiger partial charge < -0.3 is 9.47 Å². The number of ether oxygens (including phenoxy) is 2. The van der Waals surface area contributed by atoms with Gasteiger partial charge in [0.25, 0.3) is 0 Å². The van der Waals surface area contributed by atoms with Gasteiger partial charge in [-0.15, -0.1) is 0 Å². The number of esters is 1. The Morgan fingerprint density at radius 3 is 2.90 bits per heavy atom. The van der Waals surface area contributed by atoms with E-state index in [1.54, 1.807) is 0 Å². The van der Waals surface area contributed by atoms with Crippen molar-refractivity contribution >= 4 is 21.9 Å². The molecular formula is C6H9BrO3. The first-order chi connectivity index (χ1) is 4.81. The Labute approximate surface area is 68.1 Å². The van der Waals surface area contributed by atoms with Crippen LogP contribution in [-0.4, -0.2) is 24.7 Å². The molecule has 0 saturated heterocycles. The molecule has 58 valence electrons. The Balaban J connectivity index is 3.16. The third-order valence-electron chi connectivity index (χ3n) is 0.659. The van der Waals surface area contributed by atoms with Crippen LogP contribution in [0.2, 0.25) is 0 Å². The van der Waals surface area contributed by atoms with Crippen LogP contribution in [0, 0.1) is 0 Å². The Hall–Kier alpha value is -0.350. The molecule has 0 aliphatic rings. The van der Waals surface area contributed by atoms with Gasteiger partial charge in [-0.3, -0.25) is 0 Å². The first-order valence-corrected chi connectivity index (χ1v) is 3.83. The second-order valence-electron chi connectivity index (χ2n) is 1.43. The number of carbonyl (C=O) groups excluding carboxylic acids is 1. The largest absolute Gasteiger partial charge is 0.460 e. The first kappa shape index (κ1) is 9.65. The van der Waals surface area contributed by atoms with Gasteiger partial charge in [-0.05, 0) is 0 Å². The average Bonchev–Trinajstić information content (AvgIpc) is 1.97. The quantitative estimate of drug-likeness (QED) is 0.386. The molecule has 4 heteroatoms. The average molecular weight is 209 g/mol. The number of rotatable bonds is 5. The molecule has 0 heterocycles. The normalized spacial score (nSPS) is 8.90. The summed E-state index contributed by atoms with van der Waals surface area (Å²) >= 11 is 3.00. The Kier molecular flexibility index (Phi) is 6.53. The van der Waals surface area contributed by atoms with Crippen molar-refractivity contribution in [3.8, 4) is 0 Å². The first-order valence-electron chi connectivity index (χ1n) is 2.71. The summed E-state index contributed by atoms with van der Waals surface area (Å²) in [5.41, 5.74) is 0.343. The molecule has 0 bridgehead atoms. The van der Waals surface area contributed by atoms with Crippen LogP contribution >= 0.6 is 15.9 Å². The second kappa shape index (κ2) is 6.77. The van der Waals surface area contributed by atoms with Crippen LogP contribution in [0.5, 0.6) is 0 Å². The standard InChI is InChI=1S/C6H9BrO3/c1-2-3-10-6(8)4-9-5-7/h2H,1,3-5H2. The SMILES string of the molecule is C=CCOC(=O)COCBr. The number of hydrogen-bond acceptors (Lipinski definition) is 3. The zero-order valence-electron chi connectivity index (χ0n) is 5.51. The fourth-order valence-corrected chi connectivity index (χ4v) is 0.477. The van der Waals surface area contributed by atoms with Gasteiger partial charge >= 0.3 is 5.97 Å². The van der Waals surface area contributed by atoms with Gasteiger partial charge in [0, 0.05) is 0 Å². The van der Waals surface area contributed by atoms with E-state index in [2.05, 4.69) is 27.2 Å². The molecule has 0 saturated carbocycles. The van der Waals surface area contributed by atoms with Crippen molar-refractivity contribution in [1.29, 1.82) is 0 Å². The van der Waals surface area contributed by atoms with Crippen LogP contribution in [0.25, 0.3) is 0 Å². The molecule has 0 rings (SSSR count). The molecule has 0 unspecified atom stereocenters. The monoisotopic (exact) mass is 208 g/mol. The van der Waals surface area contributed by atoms with Crippen molar-refractivity contribution in [2.45, 2.75) is 0 Å². The molecule has 10 heavy (non-hydrogen) atoms. The summed E-state index contributed by atoms with van der Waals surface area (Å²) in [6, 6.07) is 0. The molecule has 0 N–H and O–H groups in total. The van der Waals surface area contributed by atoms with E-state index in [4.69, 9.17) is 4.74 Å². The summed E-state index contributed by atoms with van der Waals surface area (Å²) in [5.74, 6) is -0.376. The van der Waals surface area contributed by atoms with Crippen molar-refractivity contribution in [3.63, 3.8) is 0 Å². The maximum Gasteiger partial charge on any atom is 0.332 e. The third kappa shape index (κ3) is 5.78. The van der Waals surface area contributed by atoms with E-state index in [1.807, 2.05) is 0 Å². The summed E-state index contributed by atoms with van der Waals surface area (Å²) in [6.45, 7) is 3.61. The van der Waals surface area contributed by atoms with Crippen LogP contribution in [0.1, 0.15) is 0 Å². The van der Waals surface area contributed by atoms with Crippen LogP contribution in [0.15, 0.2) is 12.7 Å². The van der Waals surface area contributed by atoms with Crippen LogP contribution < -0.4 is 0 Å². The van der Waals surface area contributed by atoms with Crippen LogP contribution in [0.4, 0.5) is 0 Å². The lowest BCUT2D eigenvalue weighted by molar-refractivity contribution is -0.146. The Morgan fingerprint density at radius 2 is 2.40 bits per heavy atom. The highest BCUT2D eigenvalue weighted by atomic mass is 79.9. The fraction of sp³-hybridized carbons (Fsp3) is 0.500. The van der Waals surface area contributed by atoms with Crippen molar-refractivity contribution in [1.82, 2.24) is 0 Å². The van der Waals surface area contributed by atoms with Crippen LogP contribution in [-0.2, 0) is 14.3 Å². The lowest BCUT2D eigenvalue weighted by Gasteiger charge is -1.99. The van der Waals surface area contributed by atoms with E-state index >= 15 is 0 Å². The lowest BCUT2D eigenvalue weighted by Crippen LogP contribution is -2.11. The van der Waals surface area contributed by atoms with Gasteiger partial charge in [-0.25, -0.2) is 4.79 Å². The third-order valence-corrected chi connectivity index (χ3v) is 0.983. The minimum absolute atomic E-state index is 0.0148. The molecule has 0 atom stereocenters. The summed E-state index contributed by atoms with van der Waals surface area (Å²) in [7, 11) is 0. The summed E-state index contributed by atoms with van der Waals surface area (Å²) in [6.07, 6.45) is 1.51. The highest BCUT2D eigenvalue weighted by Crippen LogP contribution is 1.85. The molecule has 0 aromatic heterocycles. The molecule has 0 aliphatic carbocycles. The van der Waals surface area contributed by atoms with Gasteiger partial charge in [-0.2, -0.15) is 0 Å². The van der Waals surface area contributed by atoms with Gasteiger partial charge in [0.2, 0.25) is 0 Å². The van der Waals surface area contributed by atoms with Gasteiger partial charge in [0.05, 0.1) is 0 Å². The van der Waals surface area contributed by atoms with Crippen molar-refractivity contribution in [2.75, 3.05) is 18.7 Å². The maximum absolute atomic E-state index is 10.5. The molecule has 0 spiro atoms. The Bertz CT molecular complexity index is 114. The highest BCUT2D eigenvalue weighted by Gasteiger charge is 1.98. The predicted molar refractivity (Wildman–Crippen MR) is 40.9 cm³/mol. The number of alkyl halides is 1. The van der Waals surface area contributed by atoms with E-state index in [0.29, 0.717) is 5.52 Å². The second-order valence-corrected chi connectivity index (χ2v) is 1.89. The molecule has 0 aromatic rings. The number of halogens is 1.